The smallest absolute Gasteiger partial charge is 0.176 e. The van der Waals surface area contributed by atoms with Gasteiger partial charge in [0, 0.05) is 24.2 Å². The second-order valence-electron chi connectivity index (χ2n) is 6.57. The molecule has 0 saturated heterocycles. The van der Waals surface area contributed by atoms with E-state index in [2.05, 4.69) is 21.3 Å². The Hall–Kier alpha value is -2.30. The summed E-state index contributed by atoms with van der Waals surface area (Å²) in [6, 6.07) is 11.5. The number of fused-ring (bicyclic) bond motifs is 1. The lowest BCUT2D eigenvalue weighted by Crippen LogP contribution is -2.47. The summed E-state index contributed by atoms with van der Waals surface area (Å²) in [5, 5.41) is 10.3. The first kappa shape index (κ1) is 19.5. The van der Waals surface area contributed by atoms with E-state index in [0.29, 0.717) is 12.9 Å². The van der Waals surface area contributed by atoms with Crippen molar-refractivity contribution in [2.45, 2.75) is 18.6 Å². The third kappa shape index (κ3) is 4.34. The molecule has 2 radical (unpaired) electrons. The molecule has 4 N–H and O–H groups in total. The van der Waals surface area contributed by atoms with Gasteiger partial charge in [-0.1, -0.05) is 12.1 Å². The van der Waals surface area contributed by atoms with Crippen molar-refractivity contribution >= 4 is 37.9 Å². The Balaban J connectivity index is 1.79. The number of H-pyrrole nitrogens is 1. The van der Waals surface area contributed by atoms with Gasteiger partial charge in [0.2, 0.25) is 0 Å². The third-order valence-corrected chi connectivity index (χ3v) is 4.93. The highest BCUT2D eigenvalue weighted by atomic mass is 27.0. The molecule has 138 valence electrons. The van der Waals surface area contributed by atoms with Crippen molar-refractivity contribution in [3.8, 4) is 11.5 Å². The fourth-order valence-corrected chi connectivity index (χ4v) is 3.45. The van der Waals surface area contributed by atoms with Crippen LogP contribution in [0.2, 0.25) is 0 Å². The molecule has 0 aliphatic rings. The molecule has 7 heteroatoms. The van der Waals surface area contributed by atoms with Crippen LogP contribution in [-0.2, 0) is 17.8 Å². The molecule has 0 unspecified atom stereocenters. The zero-order valence-electron chi connectivity index (χ0n) is 15.1. The number of carbonyl (C=O) groups excluding carboxylic acids is 1. The number of rotatable bonds is 8. The van der Waals surface area contributed by atoms with Gasteiger partial charge in [0.1, 0.15) is 24.4 Å². The van der Waals surface area contributed by atoms with E-state index in [1.165, 1.54) is 0 Å². The highest BCUT2D eigenvalue weighted by Gasteiger charge is 2.25. The summed E-state index contributed by atoms with van der Waals surface area (Å²) in [5.74, 6) is 1.54. The molecule has 1 heterocycles. The first-order chi connectivity index (χ1) is 13.0. The van der Waals surface area contributed by atoms with Gasteiger partial charge in [-0.25, -0.2) is 0 Å². The average molecular weight is 380 g/mol. The number of aromatic nitrogens is 1. The van der Waals surface area contributed by atoms with Gasteiger partial charge in [-0.3, -0.25) is 0 Å². The standard InChI is InChI=1S/C20H21N2O4.Al/c1-25-16-4-2-14(3-5-16)11-26-17-6-7-18-15(10-22-19(18)8-17)9-20(21,12-23)13-24;/h2-6,8,10,12,22,24H,9,11,13,21H2,1H3;/t20-;/m0./s1. The second-order valence-corrected chi connectivity index (χ2v) is 7.19. The number of hydrogen-bond donors (Lipinski definition) is 3. The van der Waals surface area contributed by atoms with Crippen LogP contribution in [0.1, 0.15) is 11.1 Å². The van der Waals surface area contributed by atoms with E-state index in [1.54, 1.807) is 7.11 Å². The highest BCUT2D eigenvalue weighted by Crippen LogP contribution is 2.24. The number of aromatic amines is 1. The molecule has 0 amide bonds. The molecule has 0 aliphatic heterocycles. The van der Waals surface area contributed by atoms with Crippen LogP contribution >= 0.6 is 0 Å². The van der Waals surface area contributed by atoms with E-state index < -0.39 is 12.1 Å². The highest BCUT2D eigenvalue weighted by molar-refractivity contribution is 6.39. The summed E-state index contributed by atoms with van der Waals surface area (Å²) in [7, 11) is 1.64. The maximum absolute atomic E-state index is 11.2. The maximum atomic E-state index is 11.2. The van der Waals surface area contributed by atoms with Gasteiger partial charge in [-0.2, -0.15) is 0 Å². The van der Waals surface area contributed by atoms with Crippen LogP contribution in [0.4, 0.5) is 0 Å². The lowest BCUT2D eigenvalue weighted by Gasteiger charge is -2.19. The number of aldehydes is 1. The number of ether oxygens (including phenoxy) is 2. The van der Waals surface area contributed by atoms with Gasteiger partial charge >= 0.3 is 0 Å². The molecular formula is C20H21AlN2O4. The minimum absolute atomic E-state index is 0.250. The van der Waals surface area contributed by atoms with Crippen LogP contribution < -0.4 is 19.6 Å². The summed E-state index contributed by atoms with van der Waals surface area (Å²) in [6.07, 6.45) is 2.66. The summed E-state index contributed by atoms with van der Waals surface area (Å²) < 4.78 is 12.0. The maximum Gasteiger partial charge on any atom is 0.176 e. The van der Waals surface area contributed by atoms with Gasteiger partial charge in [-0.15, -0.1) is 4.43 Å². The molecular weight excluding hydrogens is 359 g/mol. The Morgan fingerprint density at radius 1 is 1.26 bits per heavy atom. The van der Waals surface area contributed by atoms with Crippen molar-refractivity contribution in [1.29, 1.82) is 0 Å². The zero-order chi connectivity index (χ0) is 19.4. The van der Waals surface area contributed by atoms with Crippen molar-refractivity contribution < 1.29 is 19.4 Å². The number of carbonyl (C=O) groups is 1. The second kappa shape index (κ2) is 8.16. The number of hydrogen-bond acceptors (Lipinski definition) is 5. The summed E-state index contributed by atoms with van der Waals surface area (Å²) in [6.45, 7) is 0.0349. The normalized spacial score (nSPS) is 13.3. The van der Waals surface area contributed by atoms with Crippen LogP contribution in [0.5, 0.6) is 11.5 Å². The predicted molar refractivity (Wildman–Crippen MR) is 105 cm³/mol. The molecule has 6 nitrogen and oxygen atoms in total. The van der Waals surface area contributed by atoms with Crippen LogP contribution in [-0.4, -0.2) is 51.9 Å². The van der Waals surface area contributed by atoms with E-state index >= 15 is 0 Å². The number of methoxy groups -OCH3 is 1. The van der Waals surface area contributed by atoms with Crippen LogP contribution in [0.15, 0.2) is 42.6 Å². The predicted octanol–water partition coefficient (Wildman–Crippen LogP) is 0.980. The summed E-state index contributed by atoms with van der Waals surface area (Å²) >= 11 is 2.69. The molecule has 2 aromatic carbocycles. The van der Waals surface area contributed by atoms with Gasteiger partial charge in [0.25, 0.3) is 0 Å². The zero-order valence-corrected chi connectivity index (χ0v) is 16.2. The lowest BCUT2D eigenvalue weighted by atomic mass is 9.94. The van der Waals surface area contributed by atoms with Gasteiger partial charge in [-0.05, 0) is 34.7 Å². The Morgan fingerprint density at radius 3 is 2.63 bits per heavy atom. The first-order valence-corrected chi connectivity index (χ1v) is 9.07. The molecule has 1 aromatic heterocycles. The van der Waals surface area contributed by atoms with Crippen molar-refractivity contribution in [3.63, 3.8) is 0 Å². The topological polar surface area (TPSA) is 97.6 Å². The number of aliphatic hydroxyl groups excluding tert-OH is 1. The minimum atomic E-state index is -1.28. The monoisotopic (exact) mass is 380 g/mol. The van der Waals surface area contributed by atoms with E-state index in [4.69, 9.17) is 15.2 Å². The molecule has 3 aromatic rings. The van der Waals surface area contributed by atoms with E-state index in [-0.39, 0.29) is 6.42 Å². The Kier molecular flexibility index (Phi) is 5.88. The fraction of sp³-hybridized carbons (Fsp3) is 0.250. The summed E-state index contributed by atoms with van der Waals surface area (Å²) in [5.41, 5.74) is 7.43. The molecule has 0 fully saturated rings. The van der Waals surface area contributed by atoms with Gasteiger partial charge < -0.3 is 30.1 Å². The number of nitrogens with one attached hydrogen (secondary N) is 1. The quantitative estimate of drug-likeness (QED) is 0.400. The SMILES string of the molecule is COc1ccc(COc2c[c]([Al])c3c(C[C@](N)(C=O)CO)c[nH]c3c2)cc1. The molecule has 27 heavy (non-hydrogen) atoms. The molecule has 3 rings (SSSR count). The minimum Gasteiger partial charge on any atom is -0.497 e. The third-order valence-electron chi connectivity index (χ3n) is 4.48. The Bertz CT molecular complexity index is 939. The first-order valence-electron chi connectivity index (χ1n) is 8.49. The lowest BCUT2D eigenvalue weighted by molar-refractivity contribution is -0.113. The molecule has 1 atom stereocenters. The van der Waals surface area contributed by atoms with Crippen molar-refractivity contribution in [3.05, 3.63) is 53.7 Å². The van der Waals surface area contributed by atoms with Crippen molar-refractivity contribution in [2.75, 3.05) is 13.7 Å². The van der Waals surface area contributed by atoms with Crippen molar-refractivity contribution in [2.24, 2.45) is 5.73 Å². The van der Waals surface area contributed by atoms with E-state index in [1.807, 2.05) is 42.6 Å². The van der Waals surface area contributed by atoms with Crippen LogP contribution in [0, 0.1) is 0 Å². The summed E-state index contributed by atoms with van der Waals surface area (Å²) in [4.78, 5) is 14.4. The van der Waals surface area contributed by atoms with Gasteiger partial charge in [0.15, 0.2) is 16.3 Å². The van der Waals surface area contributed by atoms with Crippen molar-refractivity contribution in [1.82, 2.24) is 4.98 Å². The van der Waals surface area contributed by atoms with Crippen LogP contribution in [0.3, 0.4) is 0 Å². The number of benzene rings is 2. The largest absolute Gasteiger partial charge is 0.497 e. The van der Waals surface area contributed by atoms with Crippen LogP contribution in [0.25, 0.3) is 10.9 Å². The van der Waals surface area contributed by atoms with Gasteiger partial charge in [0.05, 0.1) is 19.3 Å². The number of aliphatic hydroxyl groups is 1. The molecule has 0 saturated carbocycles. The van der Waals surface area contributed by atoms with E-state index in [9.17, 15) is 9.90 Å². The Morgan fingerprint density at radius 2 is 2.00 bits per heavy atom. The number of nitrogens with two attached hydrogens (primary N) is 1. The molecule has 0 bridgehead atoms. The molecule has 0 spiro atoms. The average Bonchev–Trinajstić information content (AvgIpc) is 3.09. The Labute approximate surface area is 165 Å². The molecule has 0 aliphatic carbocycles. The van der Waals surface area contributed by atoms with E-state index in [0.717, 1.165) is 38.0 Å². The fourth-order valence-electron chi connectivity index (χ4n) is 2.95.